The van der Waals surface area contributed by atoms with Crippen molar-refractivity contribution in [3.05, 3.63) is 35.9 Å². The molecule has 0 aromatic heterocycles. The third kappa shape index (κ3) is 2.36. The molecule has 1 aromatic rings. The molecule has 21 heavy (non-hydrogen) atoms. The molecule has 4 rings (SSSR count). The Bertz CT molecular complexity index is 521. The summed E-state index contributed by atoms with van der Waals surface area (Å²) in [5, 5.41) is 3.46. The Morgan fingerprint density at radius 3 is 2.48 bits per heavy atom. The smallest absolute Gasteiger partial charge is 0.233 e. The highest BCUT2D eigenvalue weighted by Gasteiger charge is 2.55. The summed E-state index contributed by atoms with van der Waals surface area (Å²) in [6.07, 6.45) is 4.46. The lowest BCUT2D eigenvalue weighted by molar-refractivity contribution is -0.133. The number of nitrogens with zero attached hydrogens (tertiary/aromatic N) is 1. The summed E-state index contributed by atoms with van der Waals surface area (Å²) >= 11 is 0. The van der Waals surface area contributed by atoms with Gasteiger partial charge in [0.05, 0.1) is 5.41 Å². The third-order valence-electron chi connectivity index (χ3n) is 5.54. The van der Waals surface area contributed by atoms with Gasteiger partial charge >= 0.3 is 0 Å². The van der Waals surface area contributed by atoms with Crippen molar-refractivity contribution in [1.82, 2.24) is 10.2 Å². The molecule has 3 aliphatic rings. The molecule has 1 unspecified atom stereocenters. The lowest BCUT2D eigenvalue weighted by atomic mass is 9.86. The van der Waals surface area contributed by atoms with Crippen molar-refractivity contribution < 1.29 is 4.79 Å². The van der Waals surface area contributed by atoms with Crippen molar-refractivity contribution in [2.24, 2.45) is 5.41 Å². The first-order chi connectivity index (χ1) is 9.74. The van der Waals surface area contributed by atoms with Gasteiger partial charge < -0.3 is 10.2 Å². The van der Waals surface area contributed by atoms with Crippen molar-refractivity contribution in [2.75, 3.05) is 26.2 Å². The van der Waals surface area contributed by atoms with Gasteiger partial charge in [0.1, 0.15) is 0 Å². The Morgan fingerprint density at radius 2 is 1.86 bits per heavy atom. The molecule has 114 valence electrons. The molecule has 1 spiro atoms. The van der Waals surface area contributed by atoms with Gasteiger partial charge in [0, 0.05) is 25.0 Å². The second-order valence-corrected chi connectivity index (χ2v) is 6.85. The molecular formula is C17H23ClN2O. The highest BCUT2D eigenvalue weighted by molar-refractivity contribution is 5.91. The lowest BCUT2D eigenvalue weighted by Crippen LogP contribution is -2.39. The molecule has 1 aromatic carbocycles. The largest absolute Gasteiger partial charge is 0.341 e. The average Bonchev–Trinajstić information content (AvgIpc) is 3.01. The molecule has 1 amide bonds. The fourth-order valence-corrected chi connectivity index (χ4v) is 4.06. The van der Waals surface area contributed by atoms with Crippen molar-refractivity contribution in [2.45, 2.75) is 31.1 Å². The van der Waals surface area contributed by atoms with E-state index in [1.54, 1.807) is 0 Å². The van der Waals surface area contributed by atoms with Gasteiger partial charge in [-0.15, -0.1) is 12.4 Å². The van der Waals surface area contributed by atoms with Crippen LogP contribution in [0.4, 0.5) is 0 Å². The second kappa shape index (κ2) is 5.29. The van der Waals surface area contributed by atoms with Gasteiger partial charge in [-0.1, -0.05) is 30.3 Å². The summed E-state index contributed by atoms with van der Waals surface area (Å²) in [5.41, 5.74) is 1.41. The number of halogens is 1. The number of benzene rings is 1. The quantitative estimate of drug-likeness (QED) is 0.910. The van der Waals surface area contributed by atoms with Gasteiger partial charge in [0.2, 0.25) is 5.91 Å². The predicted molar refractivity (Wildman–Crippen MR) is 85.7 cm³/mol. The van der Waals surface area contributed by atoms with E-state index in [1.165, 1.54) is 18.4 Å². The molecule has 0 radical (unpaired) electrons. The molecule has 2 heterocycles. The molecule has 0 bridgehead atoms. The topological polar surface area (TPSA) is 32.3 Å². The van der Waals surface area contributed by atoms with E-state index in [0.29, 0.717) is 11.3 Å². The average molecular weight is 307 g/mol. The molecule has 1 saturated carbocycles. The van der Waals surface area contributed by atoms with Gasteiger partial charge in [-0.2, -0.15) is 0 Å². The summed E-state index contributed by atoms with van der Waals surface area (Å²) in [4.78, 5) is 15.1. The molecule has 2 aliphatic heterocycles. The lowest BCUT2D eigenvalue weighted by Gasteiger charge is -2.26. The van der Waals surface area contributed by atoms with Crippen molar-refractivity contribution in [1.29, 1.82) is 0 Å². The van der Waals surface area contributed by atoms with Gasteiger partial charge in [-0.25, -0.2) is 0 Å². The number of carbonyl (C=O) groups excluding carboxylic acids is 1. The van der Waals surface area contributed by atoms with Crippen LogP contribution >= 0.6 is 12.4 Å². The number of nitrogens with one attached hydrogen (secondary N) is 1. The van der Waals surface area contributed by atoms with E-state index in [0.717, 1.165) is 39.0 Å². The molecule has 4 heteroatoms. The van der Waals surface area contributed by atoms with Crippen LogP contribution < -0.4 is 5.32 Å². The Labute approximate surface area is 132 Å². The zero-order chi connectivity index (χ0) is 13.6. The normalized spacial score (nSPS) is 29.4. The van der Waals surface area contributed by atoms with E-state index in [9.17, 15) is 4.79 Å². The first kappa shape index (κ1) is 14.9. The number of hydrogen-bond donors (Lipinski definition) is 1. The number of likely N-dealkylation sites (tertiary alicyclic amines) is 1. The van der Waals surface area contributed by atoms with Crippen LogP contribution in [0.3, 0.4) is 0 Å². The van der Waals surface area contributed by atoms with Crippen molar-refractivity contribution in [3.8, 4) is 0 Å². The number of amides is 1. The zero-order valence-electron chi connectivity index (χ0n) is 12.3. The fraction of sp³-hybridized carbons (Fsp3) is 0.588. The fourth-order valence-electron chi connectivity index (χ4n) is 4.06. The van der Waals surface area contributed by atoms with Gasteiger partial charge in [0.15, 0.2) is 0 Å². The molecule has 1 N–H and O–H groups in total. The monoisotopic (exact) mass is 306 g/mol. The van der Waals surface area contributed by atoms with Crippen LogP contribution in [0.15, 0.2) is 30.3 Å². The number of rotatable bonds is 2. The zero-order valence-corrected chi connectivity index (χ0v) is 13.1. The van der Waals surface area contributed by atoms with Crippen LogP contribution in [-0.4, -0.2) is 37.0 Å². The van der Waals surface area contributed by atoms with Gasteiger partial charge in [-0.3, -0.25) is 4.79 Å². The molecule has 1 atom stereocenters. The molecule has 3 nitrogen and oxygen atoms in total. The maximum Gasteiger partial charge on any atom is 0.233 e. The Kier molecular flexibility index (Phi) is 3.74. The van der Waals surface area contributed by atoms with E-state index in [4.69, 9.17) is 0 Å². The first-order valence-electron chi connectivity index (χ1n) is 7.80. The summed E-state index contributed by atoms with van der Waals surface area (Å²) < 4.78 is 0. The van der Waals surface area contributed by atoms with Crippen LogP contribution in [0.5, 0.6) is 0 Å². The van der Waals surface area contributed by atoms with E-state index < -0.39 is 0 Å². The summed E-state index contributed by atoms with van der Waals surface area (Å²) in [5.74, 6) is 0.382. The van der Waals surface area contributed by atoms with E-state index in [-0.39, 0.29) is 17.8 Å². The highest BCUT2D eigenvalue weighted by Crippen LogP contribution is 2.51. The van der Waals surface area contributed by atoms with Crippen molar-refractivity contribution in [3.63, 3.8) is 0 Å². The minimum absolute atomic E-state index is 0. The Morgan fingerprint density at radius 1 is 1.10 bits per heavy atom. The Balaban J connectivity index is 0.00000132. The first-order valence-corrected chi connectivity index (χ1v) is 7.80. The standard InChI is InChI=1S/C17H22N2O.ClH/c20-15(17(6-7-17)14-4-2-1-3-5-14)19-11-9-16(13-19)8-10-18-12-16;/h1-5,18H,6-13H2;1H. The highest BCUT2D eigenvalue weighted by atomic mass is 35.5. The van der Waals surface area contributed by atoms with Crippen LogP contribution in [0.2, 0.25) is 0 Å². The van der Waals surface area contributed by atoms with E-state index in [1.807, 2.05) is 6.07 Å². The van der Waals surface area contributed by atoms with Gasteiger partial charge in [0.25, 0.3) is 0 Å². The SMILES string of the molecule is Cl.O=C(N1CCC2(CCNC2)C1)C1(c2ccccc2)CC1. The van der Waals surface area contributed by atoms with Crippen LogP contribution in [0.25, 0.3) is 0 Å². The minimum atomic E-state index is -0.182. The molecule has 3 fully saturated rings. The number of carbonyl (C=O) groups is 1. The van der Waals surface area contributed by atoms with Crippen LogP contribution in [-0.2, 0) is 10.2 Å². The molecular weight excluding hydrogens is 284 g/mol. The predicted octanol–water partition coefficient (Wildman–Crippen LogP) is 2.35. The van der Waals surface area contributed by atoms with Crippen LogP contribution in [0, 0.1) is 5.41 Å². The van der Waals surface area contributed by atoms with E-state index >= 15 is 0 Å². The molecule has 2 saturated heterocycles. The second-order valence-electron chi connectivity index (χ2n) is 6.85. The van der Waals surface area contributed by atoms with Crippen LogP contribution in [0.1, 0.15) is 31.2 Å². The summed E-state index contributed by atoms with van der Waals surface area (Å²) in [7, 11) is 0. The van der Waals surface area contributed by atoms with Crippen molar-refractivity contribution >= 4 is 18.3 Å². The molecule has 1 aliphatic carbocycles. The minimum Gasteiger partial charge on any atom is -0.341 e. The summed E-state index contributed by atoms with van der Waals surface area (Å²) in [6.45, 7) is 4.13. The van der Waals surface area contributed by atoms with E-state index in [2.05, 4.69) is 34.5 Å². The number of hydrogen-bond acceptors (Lipinski definition) is 2. The van der Waals surface area contributed by atoms with Gasteiger partial charge in [-0.05, 0) is 37.8 Å². The Hall–Kier alpha value is -1.06. The summed E-state index contributed by atoms with van der Waals surface area (Å²) in [6, 6.07) is 10.4. The third-order valence-corrected chi connectivity index (χ3v) is 5.54. The maximum atomic E-state index is 13.0. The maximum absolute atomic E-state index is 13.0.